The first kappa shape index (κ1) is 20.1. The van der Waals surface area contributed by atoms with E-state index in [2.05, 4.69) is 10.1 Å². The molecule has 0 fully saturated rings. The van der Waals surface area contributed by atoms with Crippen molar-refractivity contribution in [1.29, 1.82) is 0 Å². The number of aromatic nitrogens is 3. The molecule has 150 valence electrons. The van der Waals surface area contributed by atoms with Crippen LogP contribution in [0.25, 0.3) is 10.2 Å². The molecule has 1 aromatic carbocycles. The van der Waals surface area contributed by atoms with Crippen LogP contribution >= 0.6 is 11.3 Å². The van der Waals surface area contributed by atoms with Gasteiger partial charge in [-0.1, -0.05) is 11.3 Å². The van der Waals surface area contributed by atoms with Gasteiger partial charge in [-0.25, -0.2) is 0 Å². The Balaban J connectivity index is 2.16. The van der Waals surface area contributed by atoms with Crippen LogP contribution in [0, 0.1) is 6.92 Å². The average molecular weight is 404 g/mol. The van der Waals surface area contributed by atoms with Crippen LogP contribution in [0.15, 0.2) is 23.3 Å². The van der Waals surface area contributed by atoms with E-state index >= 15 is 0 Å². The number of carbonyl (C=O) groups excluding carboxylic acids is 1. The lowest BCUT2D eigenvalue weighted by atomic mass is 10.2. The second-order valence-corrected chi connectivity index (χ2v) is 7.13. The molecule has 3 aromatic rings. The van der Waals surface area contributed by atoms with E-state index in [9.17, 15) is 4.79 Å². The molecule has 0 aliphatic carbocycles. The van der Waals surface area contributed by atoms with Gasteiger partial charge in [0.05, 0.1) is 37.2 Å². The van der Waals surface area contributed by atoms with Gasteiger partial charge in [0, 0.05) is 37.9 Å². The maximum Gasteiger partial charge on any atom is 0.298 e. The van der Waals surface area contributed by atoms with Gasteiger partial charge in [-0.05, 0) is 13.8 Å². The number of carbonyl (C=O) groups is 1. The molecule has 1 amide bonds. The number of aryl methyl sites for hydroxylation is 2. The molecule has 9 heteroatoms. The van der Waals surface area contributed by atoms with Crippen molar-refractivity contribution in [3.63, 3.8) is 0 Å². The maximum atomic E-state index is 12.8. The highest BCUT2D eigenvalue weighted by Gasteiger charge is 2.16. The van der Waals surface area contributed by atoms with Crippen LogP contribution in [0.2, 0.25) is 0 Å². The van der Waals surface area contributed by atoms with Crippen molar-refractivity contribution in [2.45, 2.75) is 20.4 Å². The van der Waals surface area contributed by atoms with Crippen molar-refractivity contribution in [2.75, 3.05) is 27.4 Å². The molecule has 0 aliphatic rings. The van der Waals surface area contributed by atoms with Gasteiger partial charge in [0.25, 0.3) is 5.91 Å². The predicted molar refractivity (Wildman–Crippen MR) is 107 cm³/mol. The predicted octanol–water partition coefficient (Wildman–Crippen LogP) is 2.54. The molecular weight excluding hydrogens is 380 g/mol. The van der Waals surface area contributed by atoms with Gasteiger partial charge in [-0.2, -0.15) is 10.1 Å². The van der Waals surface area contributed by atoms with E-state index in [-0.39, 0.29) is 5.91 Å². The number of hydrogen-bond acceptors (Lipinski definition) is 6. The van der Waals surface area contributed by atoms with Crippen LogP contribution in [0.1, 0.15) is 23.0 Å². The van der Waals surface area contributed by atoms with Crippen LogP contribution in [0.3, 0.4) is 0 Å². The first-order valence-corrected chi connectivity index (χ1v) is 9.72. The number of fused-ring (bicyclic) bond motifs is 1. The molecule has 0 aliphatic heterocycles. The number of amides is 1. The number of rotatable bonds is 7. The average Bonchev–Trinajstić information content (AvgIpc) is 3.19. The summed E-state index contributed by atoms with van der Waals surface area (Å²) < 4.78 is 20.8. The summed E-state index contributed by atoms with van der Waals surface area (Å²) in [5, 5.41) is 4.13. The summed E-state index contributed by atoms with van der Waals surface area (Å²) >= 11 is 1.42. The Morgan fingerprint density at radius 1 is 1.25 bits per heavy atom. The molecule has 8 nitrogen and oxygen atoms in total. The van der Waals surface area contributed by atoms with E-state index in [0.29, 0.717) is 41.8 Å². The van der Waals surface area contributed by atoms with Gasteiger partial charge >= 0.3 is 0 Å². The maximum absolute atomic E-state index is 12.8. The first-order valence-electron chi connectivity index (χ1n) is 8.90. The molecular formula is C19H24N4O4S. The molecule has 0 spiro atoms. The lowest BCUT2D eigenvalue weighted by Crippen LogP contribution is -2.20. The fraction of sp³-hybridized carbons (Fsp3) is 0.421. The minimum absolute atomic E-state index is 0.326. The van der Waals surface area contributed by atoms with E-state index < -0.39 is 0 Å². The normalized spacial score (nSPS) is 12.0. The topological polar surface area (TPSA) is 79.9 Å². The Labute approximate surface area is 167 Å². The number of benzene rings is 1. The van der Waals surface area contributed by atoms with Gasteiger partial charge in [-0.3, -0.25) is 9.48 Å². The summed E-state index contributed by atoms with van der Waals surface area (Å²) in [5.41, 5.74) is 2.18. The van der Waals surface area contributed by atoms with Crippen LogP contribution in [-0.2, 0) is 18.3 Å². The van der Waals surface area contributed by atoms with Crippen molar-refractivity contribution < 1.29 is 19.0 Å². The molecule has 2 aromatic heterocycles. The second-order valence-electron chi connectivity index (χ2n) is 6.12. The summed E-state index contributed by atoms with van der Waals surface area (Å²) in [6, 6.07) is 3.80. The van der Waals surface area contributed by atoms with Crippen molar-refractivity contribution in [3.8, 4) is 11.5 Å². The second kappa shape index (κ2) is 8.57. The zero-order valence-electron chi connectivity index (χ0n) is 16.7. The van der Waals surface area contributed by atoms with Gasteiger partial charge in [0.15, 0.2) is 16.3 Å². The summed E-state index contributed by atoms with van der Waals surface area (Å²) in [6.45, 7) is 5.51. The van der Waals surface area contributed by atoms with Crippen LogP contribution < -0.4 is 14.3 Å². The third-order valence-electron chi connectivity index (χ3n) is 4.37. The smallest absolute Gasteiger partial charge is 0.298 e. The molecule has 0 saturated heterocycles. The third kappa shape index (κ3) is 3.81. The minimum Gasteiger partial charge on any atom is -0.493 e. The summed E-state index contributed by atoms with van der Waals surface area (Å²) in [6.07, 6.45) is 1.66. The lowest BCUT2D eigenvalue weighted by molar-refractivity contribution is 0.0987. The number of ether oxygens (including phenoxy) is 3. The minimum atomic E-state index is -0.326. The highest BCUT2D eigenvalue weighted by Crippen LogP contribution is 2.33. The standard InChI is InChI=1S/C19H24N4O4S/c1-6-27-8-7-23-13-9-14(25-4)15(26-5)10-16(13)28-19(23)21-18(24)17-12(2)11-20-22(17)3/h9-11H,6-8H2,1-5H3. The molecule has 0 saturated carbocycles. The van der Waals surface area contributed by atoms with E-state index in [4.69, 9.17) is 14.2 Å². The van der Waals surface area contributed by atoms with Crippen LogP contribution in [-0.4, -0.2) is 47.7 Å². The Kier molecular flexibility index (Phi) is 6.15. The lowest BCUT2D eigenvalue weighted by Gasteiger charge is -2.09. The van der Waals surface area contributed by atoms with Crippen molar-refractivity contribution in [2.24, 2.45) is 12.0 Å². The largest absolute Gasteiger partial charge is 0.493 e. The molecule has 0 atom stereocenters. The molecule has 0 N–H and O–H groups in total. The quantitative estimate of drug-likeness (QED) is 0.566. The third-order valence-corrected chi connectivity index (χ3v) is 5.41. The fourth-order valence-corrected chi connectivity index (χ4v) is 4.06. The Bertz CT molecular complexity index is 1040. The zero-order valence-corrected chi connectivity index (χ0v) is 17.5. The summed E-state index contributed by atoms with van der Waals surface area (Å²) in [7, 11) is 4.93. The van der Waals surface area contributed by atoms with Crippen molar-refractivity contribution in [1.82, 2.24) is 14.3 Å². The van der Waals surface area contributed by atoms with Crippen molar-refractivity contribution in [3.05, 3.63) is 34.4 Å². The van der Waals surface area contributed by atoms with E-state index in [0.717, 1.165) is 15.8 Å². The Morgan fingerprint density at radius 3 is 2.57 bits per heavy atom. The van der Waals surface area contributed by atoms with Crippen LogP contribution in [0.5, 0.6) is 11.5 Å². The fourth-order valence-electron chi connectivity index (χ4n) is 2.99. The highest BCUT2D eigenvalue weighted by atomic mass is 32.1. The molecule has 0 bridgehead atoms. The number of thiazole rings is 1. The van der Waals surface area contributed by atoms with Gasteiger partial charge in [0.2, 0.25) is 0 Å². The molecule has 0 radical (unpaired) electrons. The SMILES string of the molecule is CCOCCn1c(=NC(=O)c2c(C)cnn2C)sc2cc(OC)c(OC)cc21. The van der Waals surface area contributed by atoms with Crippen molar-refractivity contribution >= 4 is 27.5 Å². The van der Waals surface area contributed by atoms with Gasteiger partial charge in [0.1, 0.15) is 5.69 Å². The van der Waals surface area contributed by atoms with E-state index in [1.165, 1.54) is 11.3 Å². The monoisotopic (exact) mass is 404 g/mol. The zero-order chi connectivity index (χ0) is 20.3. The van der Waals surface area contributed by atoms with Crippen LogP contribution in [0.4, 0.5) is 0 Å². The van der Waals surface area contributed by atoms with Gasteiger partial charge < -0.3 is 18.8 Å². The van der Waals surface area contributed by atoms with Gasteiger partial charge in [-0.15, -0.1) is 0 Å². The number of nitrogens with zero attached hydrogens (tertiary/aromatic N) is 4. The highest BCUT2D eigenvalue weighted by molar-refractivity contribution is 7.16. The summed E-state index contributed by atoms with van der Waals surface area (Å²) in [5.74, 6) is 0.931. The molecule has 3 rings (SSSR count). The Hall–Kier alpha value is -2.65. The Morgan fingerprint density at radius 2 is 1.96 bits per heavy atom. The molecule has 0 unspecified atom stereocenters. The number of methoxy groups -OCH3 is 2. The molecule has 28 heavy (non-hydrogen) atoms. The molecule has 2 heterocycles. The number of hydrogen-bond donors (Lipinski definition) is 0. The van der Waals surface area contributed by atoms with E-state index in [1.807, 2.05) is 30.5 Å². The van der Waals surface area contributed by atoms with E-state index in [1.54, 1.807) is 32.1 Å². The summed E-state index contributed by atoms with van der Waals surface area (Å²) in [4.78, 5) is 17.8. The first-order chi connectivity index (χ1) is 13.5.